The lowest BCUT2D eigenvalue weighted by molar-refractivity contribution is 0.250. The monoisotopic (exact) mass is 286 g/mol. The molecular weight excluding hydrogens is 252 g/mol. The molecule has 0 aliphatic rings. The van der Waals surface area contributed by atoms with E-state index >= 15 is 0 Å². The van der Waals surface area contributed by atoms with Gasteiger partial charge < -0.3 is 9.16 Å². The summed E-state index contributed by atoms with van der Waals surface area (Å²) in [7, 11) is -1.57. The van der Waals surface area contributed by atoms with Crippen LogP contribution in [0.3, 0.4) is 0 Å². The zero-order chi connectivity index (χ0) is 14.4. The predicted molar refractivity (Wildman–Crippen MR) is 86.8 cm³/mol. The zero-order valence-electron chi connectivity index (χ0n) is 13.5. The van der Waals surface area contributed by atoms with E-state index in [0.29, 0.717) is 0 Å². The molecule has 0 rings (SSSR count). The van der Waals surface area contributed by atoms with Gasteiger partial charge in [-0.3, -0.25) is 0 Å². The van der Waals surface area contributed by atoms with E-state index in [4.69, 9.17) is 9.16 Å². The summed E-state index contributed by atoms with van der Waals surface area (Å²) < 4.78 is 11.3. The molecule has 0 heterocycles. The number of hydrogen-bond donors (Lipinski definition) is 0. The van der Waals surface area contributed by atoms with Gasteiger partial charge in [-0.1, -0.05) is 45.4 Å². The predicted octanol–water partition coefficient (Wildman–Crippen LogP) is 5.44. The van der Waals surface area contributed by atoms with Gasteiger partial charge in [0.15, 0.2) is 0 Å². The minimum atomic E-state index is -1.57. The van der Waals surface area contributed by atoms with Gasteiger partial charge in [0.25, 0.3) is 0 Å². The van der Waals surface area contributed by atoms with Crippen molar-refractivity contribution in [3.63, 3.8) is 0 Å². The van der Waals surface area contributed by atoms with Gasteiger partial charge in [-0.05, 0) is 38.9 Å². The van der Waals surface area contributed by atoms with Gasteiger partial charge in [0.1, 0.15) is 6.23 Å². The minimum Gasteiger partial charge on any atom is -0.502 e. The Morgan fingerprint density at radius 2 is 1.53 bits per heavy atom. The molecule has 2 nitrogen and oxygen atoms in total. The summed E-state index contributed by atoms with van der Waals surface area (Å²) >= 11 is 0. The van der Waals surface area contributed by atoms with E-state index in [-0.39, 0.29) is 0 Å². The van der Waals surface area contributed by atoms with Gasteiger partial charge in [-0.25, -0.2) is 0 Å². The molecule has 0 N–H and O–H groups in total. The molecule has 0 radical (unpaired) electrons. The van der Waals surface area contributed by atoms with E-state index < -0.39 is 8.32 Å². The minimum absolute atomic E-state index is 0.758. The third-order valence-electron chi connectivity index (χ3n) is 3.13. The number of allylic oxidation sites excluding steroid dienone is 1. The van der Waals surface area contributed by atoms with Crippen LogP contribution in [0.25, 0.3) is 0 Å². The molecule has 0 fully saturated rings. The van der Waals surface area contributed by atoms with Crippen molar-refractivity contribution in [1.82, 2.24) is 0 Å². The Morgan fingerprint density at radius 3 is 2.16 bits per heavy atom. The standard InChI is InChI=1S/C16H34O2Si/c1-5-7-8-9-10-11-12-13-14-15-17-16-19(3,4)18-6-2/h14-15H,5-13,16H2,1-4H3. The lowest BCUT2D eigenvalue weighted by atomic mass is 10.1. The summed E-state index contributed by atoms with van der Waals surface area (Å²) in [6.45, 7) is 9.50. The van der Waals surface area contributed by atoms with Crippen molar-refractivity contribution in [1.29, 1.82) is 0 Å². The Bertz CT molecular complexity index is 215. The molecule has 0 atom stereocenters. The van der Waals surface area contributed by atoms with Gasteiger partial charge in [0.05, 0.1) is 6.26 Å². The second-order valence-electron chi connectivity index (χ2n) is 5.79. The van der Waals surface area contributed by atoms with Crippen molar-refractivity contribution >= 4 is 8.32 Å². The molecule has 19 heavy (non-hydrogen) atoms. The van der Waals surface area contributed by atoms with Gasteiger partial charge in [-0.2, -0.15) is 0 Å². The van der Waals surface area contributed by atoms with Gasteiger partial charge in [0.2, 0.25) is 8.32 Å². The highest BCUT2D eigenvalue weighted by atomic mass is 28.4. The Kier molecular flexibility index (Phi) is 12.5. The first kappa shape index (κ1) is 18.7. The Morgan fingerprint density at radius 1 is 0.895 bits per heavy atom. The van der Waals surface area contributed by atoms with E-state index in [0.717, 1.165) is 19.3 Å². The summed E-state index contributed by atoms with van der Waals surface area (Å²) in [4.78, 5) is 0. The van der Waals surface area contributed by atoms with Crippen LogP contribution < -0.4 is 0 Å². The first-order valence-electron chi connectivity index (χ1n) is 8.03. The lowest BCUT2D eigenvalue weighted by Gasteiger charge is -2.20. The van der Waals surface area contributed by atoms with Crippen LogP contribution in [0.1, 0.15) is 65.2 Å². The molecule has 0 unspecified atom stereocenters. The van der Waals surface area contributed by atoms with Crippen molar-refractivity contribution in [2.24, 2.45) is 0 Å². The largest absolute Gasteiger partial charge is 0.502 e. The molecule has 0 spiro atoms. The molecule has 0 bridgehead atoms. The highest BCUT2D eigenvalue weighted by molar-refractivity contribution is 6.71. The molecule has 0 saturated carbocycles. The Hall–Kier alpha value is -0.283. The van der Waals surface area contributed by atoms with E-state index in [1.54, 1.807) is 0 Å². The summed E-state index contributed by atoms with van der Waals surface area (Å²) in [6, 6.07) is 0. The number of unbranched alkanes of at least 4 members (excludes halogenated alkanes) is 7. The quantitative estimate of drug-likeness (QED) is 0.255. The Labute approximate surface area is 121 Å². The normalized spacial score (nSPS) is 12.2. The first-order chi connectivity index (χ1) is 9.12. The maximum Gasteiger partial charge on any atom is 0.224 e. The maximum atomic E-state index is 5.70. The fourth-order valence-electron chi connectivity index (χ4n) is 2.04. The third-order valence-corrected chi connectivity index (χ3v) is 5.06. The molecule has 0 aromatic carbocycles. The molecular formula is C16H34O2Si. The fraction of sp³-hybridized carbons (Fsp3) is 0.875. The second kappa shape index (κ2) is 12.7. The molecule has 0 aromatic rings. The second-order valence-corrected chi connectivity index (χ2v) is 9.88. The van der Waals surface area contributed by atoms with Crippen LogP contribution in [0.4, 0.5) is 0 Å². The SMILES string of the molecule is CCCCCCCCCC=COC[Si](C)(C)OCC. The van der Waals surface area contributed by atoms with Crippen LogP contribution in [0, 0.1) is 0 Å². The lowest BCUT2D eigenvalue weighted by Crippen LogP contribution is -2.36. The van der Waals surface area contributed by atoms with Gasteiger partial charge in [-0.15, -0.1) is 0 Å². The topological polar surface area (TPSA) is 18.5 Å². The molecule has 0 amide bonds. The van der Waals surface area contributed by atoms with Crippen LogP contribution in [0.15, 0.2) is 12.3 Å². The van der Waals surface area contributed by atoms with Crippen LogP contribution in [-0.4, -0.2) is 21.2 Å². The molecule has 0 aliphatic carbocycles. The third kappa shape index (κ3) is 13.9. The van der Waals surface area contributed by atoms with E-state index in [1.165, 1.54) is 44.9 Å². The molecule has 114 valence electrons. The summed E-state index contributed by atoms with van der Waals surface area (Å²) in [5.74, 6) is 0. The number of hydrogen-bond acceptors (Lipinski definition) is 2. The van der Waals surface area contributed by atoms with Crippen LogP contribution >= 0.6 is 0 Å². The Balaban J connectivity index is 3.30. The average molecular weight is 287 g/mol. The van der Waals surface area contributed by atoms with E-state index in [1.807, 2.05) is 13.2 Å². The zero-order valence-corrected chi connectivity index (χ0v) is 14.5. The molecule has 0 aromatic heterocycles. The summed E-state index contributed by atoms with van der Waals surface area (Å²) in [6.07, 6.45) is 15.5. The van der Waals surface area contributed by atoms with Gasteiger partial charge in [0, 0.05) is 6.61 Å². The smallest absolute Gasteiger partial charge is 0.224 e. The average Bonchev–Trinajstić information content (AvgIpc) is 2.36. The highest BCUT2D eigenvalue weighted by Gasteiger charge is 2.21. The summed E-state index contributed by atoms with van der Waals surface area (Å²) in [5, 5.41) is 0. The molecule has 0 aliphatic heterocycles. The van der Waals surface area contributed by atoms with E-state index in [2.05, 4.69) is 26.1 Å². The van der Waals surface area contributed by atoms with E-state index in [9.17, 15) is 0 Å². The van der Waals surface area contributed by atoms with Crippen LogP contribution in [-0.2, 0) is 9.16 Å². The van der Waals surface area contributed by atoms with Crippen LogP contribution in [0.5, 0.6) is 0 Å². The van der Waals surface area contributed by atoms with Crippen molar-refractivity contribution in [2.45, 2.75) is 78.3 Å². The summed E-state index contributed by atoms with van der Waals surface area (Å²) in [5.41, 5.74) is 0. The number of ether oxygens (including phenoxy) is 1. The maximum absolute atomic E-state index is 5.70. The van der Waals surface area contributed by atoms with Crippen molar-refractivity contribution in [3.05, 3.63) is 12.3 Å². The highest BCUT2D eigenvalue weighted by Crippen LogP contribution is 2.09. The first-order valence-corrected chi connectivity index (χ1v) is 11.1. The van der Waals surface area contributed by atoms with Crippen molar-refractivity contribution < 1.29 is 9.16 Å². The fourth-order valence-corrected chi connectivity index (χ4v) is 3.40. The number of rotatable bonds is 13. The van der Waals surface area contributed by atoms with Gasteiger partial charge >= 0.3 is 0 Å². The molecule has 0 saturated heterocycles. The van der Waals surface area contributed by atoms with Crippen molar-refractivity contribution in [2.75, 3.05) is 12.8 Å². The molecule has 3 heteroatoms. The van der Waals surface area contributed by atoms with Crippen LogP contribution in [0.2, 0.25) is 13.1 Å². The van der Waals surface area contributed by atoms with Crippen molar-refractivity contribution in [3.8, 4) is 0 Å².